The summed E-state index contributed by atoms with van der Waals surface area (Å²) in [7, 11) is 3.08. The number of carbonyl (C=O) groups excluding carboxylic acids is 2. The van der Waals surface area contributed by atoms with E-state index in [1.165, 1.54) is 19.1 Å². The lowest BCUT2D eigenvalue weighted by molar-refractivity contribution is -0.133. The number of hydrogen-bond donors (Lipinski definition) is 1. The van der Waals surface area contributed by atoms with Gasteiger partial charge in [0.1, 0.15) is 23.8 Å². The second kappa shape index (κ2) is 12.3. The first-order valence-corrected chi connectivity index (χ1v) is 12.3. The predicted molar refractivity (Wildman–Crippen MR) is 141 cm³/mol. The van der Waals surface area contributed by atoms with Crippen molar-refractivity contribution in [1.29, 1.82) is 0 Å². The van der Waals surface area contributed by atoms with E-state index in [9.17, 15) is 9.59 Å². The van der Waals surface area contributed by atoms with E-state index in [1.807, 2.05) is 38.1 Å². The van der Waals surface area contributed by atoms with Gasteiger partial charge in [-0.05, 0) is 35.7 Å². The van der Waals surface area contributed by atoms with E-state index in [1.54, 1.807) is 35.4 Å². The van der Waals surface area contributed by atoms with Crippen molar-refractivity contribution in [2.24, 2.45) is 5.92 Å². The molecule has 0 spiro atoms. The lowest BCUT2D eigenvalue weighted by Gasteiger charge is -2.28. The summed E-state index contributed by atoms with van der Waals surface area (Å²) < 4.78 is 27.0. The van der Waals surface area contributed by atoms with Crippen molar-refractivity contribution in [1.82, 2.24) is 9.80 Å². The molecule has 1 aliphatic heterocycles. The quantitative estimate of drug-likeness (QED) is 0.387. The van der Waals surface area contributed by atoms with Gasteiger partial charge in [0.25, 0.3) is 0 Å². The van der Waals surface area contributed by atoms with Crippen molar-refractivity contribution in [3.8, 4) is 23.0 Å². The molecule has 10 heteroatoms. The van der Waals surface area contributed by atoms with E-state index in [-0.39, 0.29) is 31.7 Å². The highest BCUT2D eigenvalue weighted by molar-refractivity contribution is 5.92. The molecule has 3 amide bonds. The standard InChI is InChI=1S/C28H33N3O7/c1-19(2)14-31(28(33)29-21-11-23(34-3)13-24(12-21)35-4)17-27(32)30(16-22-6-5-9-36-22)15-20-7-8-25-26(10-20)38-18-37-25/h5-13,19H,14-18H2,1-4H3,(H,29,33). The van der Waals surface area contributed by atoms with Crippen LogP contribution in [0.5, 0.6) is 23.0 Å². The van der Waals surface area contributed by atoms with Gasteiger partial charge in [-0.1, -0.05) is 19.9 Å². The van der Waals surface area contributed by atoms with Crippen LogP contribution >= 0.6 is 0 Å². The summed E-state index contributed by atoms with van der Waals surface area (Å²) in [6, 6.07) is 13.9. The Labute approximate surface area is 222 Å². The fraction of sp³-hybridized carbons (Fsp3) is 0.357. The zero-order valence-corrected chi connectivity index (χ0v) is 22.1. The molecule has 1 aliphatic rings. The number of hydrogen-bond acceptors (Lipinski definition) is 7. The van der Waals surface area contributed by atoms with Crippen molar-refractivity contribution in [2.45, 2.75) is 26.9 Å². The molecule has 0 saturated carbocycles. The highest BCUT2D eigenvalue weighted by Crippen LogP contribution is 2.33. The minimum atomic E-state index is -0.400. The number of fused-ring (bicyclic) bond motifs is 1. The molecule has 0 aliphatic carbocycles. The molecule has 38 heavy (non-hydrogen) atoms. The SMILES string of the molecule is COc1cc(NC(=O)N(CC(=O)N(Cc2ccc3c(c2)OCO3)Cc2ccco2)CC(C)C)cc(OC)c1. The minimum Gasteiger partial charge on any atom is -0.497 e. The summed E-state index contributed by atoms with van der Waals surface area (Å²) >= 11 is 0. The average Bonchev–Trinajstić information content (AvgIpc) is 3.59. The van der Waals surface area contributed by atoms with Gasteiger partial charge in [0, 0.05) is 37.0 Å². The van der Waals surface area contributed by atoms with Crippen LogP contribution in [0.3, 0.4) is 0 Å². The van der Waals surface area contributed by atoms with E-state index >= 15 is 0 Å². The first-order valence-electron chi connectivity index (χ1n) is 12.3. The van der Waals surface area contributed by atoms with E-state index in [2.05, 4.69) is 5.32 Å². The zero-order chi connectivity index (χ0) is 27.1. The average molecular weight is 524 g/mol. The fourth-order valence-electron chi connectivity index (χ4n) is 4.09. The van der Waals surface area contributed by atoms with Gasteiger partial charge in [-0.25, -0.2) is 4.79 Å². The van der Waals surface area contributed by atoms with Crippen LogP contribution in [0.4, 0.5) is 10.5 Å². The summed E-state index contributed by atoms with van der Waals surface area (Å²) in [6.45, 7) is 4.99. The van der Waals surface area contributed by atoms with Crippen LogP contribution in [0, 0.1) is 5.92 Å². The first kappa shape index (κ1) is 26.7. The van der Waals surface area contributed by atoms with Crippen molar-refractivity contribution in [2.75, 3.05) is 39.4 Å². The number of anilines is 1. The second-order valence-electron chi connectivity index (χ2n) is 9.32. The number of amides is 3. The van der Waals surface area contributed by atoms with Gasteiger partial charge in [0.2, 0.25) is 12.7 Å². The molecule has 1 aromatic heterocycles. The monoisotopic (exact) mass is 523 g/mol. The smallest absolute Gasteiger partial charge is 0.322 e. The van der Waals surface area contributed by atoms with Crippen LogP contribution in [0.1, 0.15) is 25.2 Å². The Morgan fingerprint density at radius 2 is 1.68 bits per heavy atom. The summed E-state index contributed by atoms with van der Waals surface area (Å²) in [5.74, 6) is 2.95. The van der Waals surface area contributed by atoms with Gasteiger partial charge in [-0.3, -0.25) is 4.79 Å². The molecule has 10 nitrogen and oxygen atoms in total. The van der Waals surface area contributed by atoms with Gasteiger partial charge in [0.05, 0.1) is 27.0 Å². The highest BCUT2D eigenvalue weighted by atomic mass is 16.7. The maximum atomic E-state index is 13.6. The van der Waals surface area contributed by atoms with Crippen molar-refractivity contribution >= 4 is 17.6 Å². The summed E-state index contributed by atoms with van der Waals surface area (Å²) in [4.78, 5) is 30.1. The van der Waals surface area contributed by atoms with Crippen LogP contribution in [-0.2, 0) is 17.9 Å². The number of carbonyl (C=O) groups is 2. The second-order valence-corrected chi connectivity index (χ2v) is 9.32. The normalized spacial score (nSPS) is 11.8. The predicted octanol–water partition coefficient (Wildman–Crippen LogP) is 4.74. The Hall–Kier alpha value is -4.34. The van der Waals surface area contributed by atoms with Crippen LogP contribution in [0.15, 0.2) is 59.2 Å². The largest absolute Gasteiger partial charge is 0.497 e. The Balaban J connectivity index is 1.52. The Morgan fingerprint density at radius 3 is 2.34 bits per heavy atom. The zero-order valence-electron chi connectivity index (χ0n) is 22.1. The molecule has 0 unspecified atom stereocenters. The lowest BCUT2D eigenvalue weighted by Crippen LogP contribution is -2.45. The number of urea groups is 1. The van der Waals surface area contributed by atoms with E-state index in [0.29, 0.717) is 47.5 Å². The Morgan fingerprint density at radius 1 is 0.947 bits per heavy atom. The molecule has 0 atom stereocenters. The third-order valence-electron chi connectivity index (χ3n) is 5.89. The topological polar surface area (TPSA) is 103 Å². The number of nitrogens with zero attached hydrogens (tertiary/aromatic N) is 2. The van der Waals surface area contributed by atoms with Crippen LogP contribution in [0.2, 0.25) is 0 Å². The molecule has 2 aromatic carbocycles. The third-order valence-corrected chi connectivity index (χ3v) is 5.89. The fourth-order valence-corrected chi connectivity index (χ4v) is 4.09. The molecule has 1 N–H and O–H groups in total. The molecule has 0 radical (unpaired) electrons. The van der Waals surface area contributed by atoms with Gasteiger partial charge in [0.15, 0.2) is 11.5 Å². The van der Waals surface area contributed by atoms with Crippen LogP contribution < -0.4 is 24.3 Å². The number of ether oxygens (including phenoxy) is 4. The van der Waals surface area contributed by atoms with Gasteiger partial charge >= 0.3 is 6.03 Å². The molecule has 0 saturated heterocycles. The number of nitrogens with one attached hydrogen (secondary N) is 1. The molecule has 4 rings (SSSR count). The molecule has 202 valence electrons. The number of methoxy groups -OCH3 is 2. The van der Waals surface area contributed by atoms with E-state index < -0.39 is 6.03 Å². The molecule has 3 aromatic rings. The van der Waals surface area contributed by atoms with Crippen molar-refractivity contribution < 1.29 is 33.0 Å². The first-order chi connectivity index (χ1) is 18.3. The number of rotatable bonds is 11. The third kappa shape index (κ3) is 6.90. The molecular weight excluding hydrogens is 490 g/mol. The number of benzene rings is 2. The van der Waals surface area contributed by atoms with Gasteiger partial charge in [-0.15, -0.1) is 0 Å². The van der Waals surface area contributed by atoms with Gasteiger partial charge < -0.3 is 38.5 Å². The van der Waals surface area contributed by atoms with Crippen molar-refractivity contribution in [3.63, 3.8) is 0 Å². The lowest BCUT2D eigenvalue weighted by atomic mass is 10.1. The Bertz CT molecular complexity index is 1220. The summed E-state index contributed by atoms with van der Waals surface area (Å²) in [5, 5.41) is 2.87. The maximum Gasteiger partial charge on any atom is 0.322 e. The molecule has 0 fully saturated rings. The van der Waals surface area contributed by atoms with E-state index in [4.69, 9.17) is 23.4 Å². The van der Waals surface area contributed by atoms with Gasteiger partial charge in [-0.2, -0.15) is 0 Å². The molecule has 2 heterocycles. The minimum absolute atomic E-state index is 0.115. The molecular formula is C28H33N3O7. The number of furan rings is 1. The van der Waals surface area contributed by atoms with Crippen molar-refractivity contribution in [3.05, 3.63) is 66.1 Å². The van der Waals surface area contributed by atoms with Crippen LogP contribution in [-0.4, -0.2) is 55.8 Å². The summed E-state index contributed by atoms with van der Waals surface area (Å²) in [6.07, 6.45) is 1.57. The molecule has 0 bridgehead atoms. The highest BCUT2D eigenvalue weighted by Gasteiger charge is 2.24. The van der Waals surface area contributed by atoms with Crippen LogP contribution in [0.25, 0.3) is 0 Å². The Kier molecular flexibility index (Phi) is 8.62. The summed E-state index contributed by atoms with van der Waals surface area (Å²) in [5.41, 5.74) is 1.37. The maximum absolute atomic E-state index is 13.6. The van der Waals surface area contributed by atoms with E-state index in [0.717, 1.165) is 5.56 Å².